The van der Waals surface area contributed by atoms with E-state index in [-0.39, 0.29) is 0 Å². The van der Waals surface area contributed by atoms with Crippen molar-refractivity contribution in [1.29, 1.82) is 0 Å². The van der Waals surface area contributed by atoms with Gasteiger partial charge in [0.2, 0.25) is 0 Å². The van der Waals surface area contributed by atoms with Crippen LogP contribution in [0.3, 0.4) is 0 Å². The Kier molecular flexibility index (Phi) is 2.74. The van der Waals surface area contributed by atoms with E-state index in [2.05, 4.69) is 43.4 Å². The lowest BCUT2D eigenvalue weighted by molar-refractivity contribution is 0.348. The Hall–Kier alpha value is -0.820. The Bertz CT molecular complexity index is 388. The van der Waals surface area contributed by atoms with E-state index in [0.29, 0.717) is 11.3 Å². The lowest BCUT2D eigenvalue weighted by atomic mass is 9.82. The molecule has 1 aliphatic heterocycles. The molecule has 0 aromatic heterocycles. The molecule has 2 unspecified atom stereocenters. The zero-order chi connectivity index (χ0) is 11.9. The van der Waals surface area contributed by atoms with E-state index >= 15 is 0 Å². The predicted molar refractivity (Wildman–Crippen MR) is 72.4 cm³/mol. The minimum atomic E-state index is 0.509. The second kappa shape index (κ2) is 4.13. The zero-order valence-corrected chi connectivity index (χ0v) is 11.0. The molecule has 1 saturated carbocycles. The van der Waals surface area contributed by atoms with Crippen molar-refractivity contribution in [1.82, 2.24) is 5.32 Å². The van der Waals surface area contributed by atoms with E-state index < -0.39 is 0 Å². The second-order valence-electron chi connectivity index (χ2n) is 6.26. The van der Waals surface area contributed by atoms with Crippen LogP contribution in [-0.2, 0) is 5.41 Å². The number of hydrogen-bond acceptors (Lipinski definition) is 1. The highest BCUT2D eigenvalue weighted by Gasteiger charge is 2.38. The molecule has 0 radical (unpaired) electrons. The molecule has 3 rings (SSSR count). The summed E-state index contributed by atoms with van der Waals surface area (Å²) in [7, 11) is 0. The van der Waals surface area contributed by atoms with Gasteiger partial charge >= 0.3 is 0 Å². The summed E-state index contributed by atoms with van der Waals surface area (Å²) in [5.74, 6) is 1.53. The first-order valence-electron chi connectivity index (χ1n) is 7.00. The van der Waals surface area contributed by atoms with Crippen molar-refractivity contribution in [2.75, 3.05) is 13.1 Å². The normalized spacial score (nSPS) is 31.2. The van der Waals surface area contributed by atoms with E-state index in [0.717, 1.165) is 12.5 Å². The molecule has 0 spiro atoms. The minimum Gasteiger partial charge on any atom is -0.316 e. The van der Waals surface area contributed by atoms with Gasteiger partial charge in [-0.05, 0) is 54.2 Å². The zero-order valence-electron chi connectivity index (χ0n) is 11.0. The molecule has 1 aromatic rings. The van der Waals surface area contributed by atoms with Crippen LogP contribution in [0.1, 0.15) is 50.2 Å². The molecular formula is C16H23N. The summed E-state index contributed by atoms with van der Waals surface area (Å²) in [6.07, 6.45) is 4.05. The number of hydrogen-bond donors (Lipinski definition) is 1. The first kappa shape index (κ1) is 11.3. The van der Waals surface area contributed by atoms with Crippen LogP contribution in [0.25, 0.3) is 0 Å². The Morgan fingerprint density at radius 1 is 1.18 bits per heavy atom. The van der Waals surface area contributed by atoms with Gasteiger partial charge in [0.15, 0.2) is 0 Å². The fraction of sp³-hybridized carbons (Fsp3) is 0.625. The van der Waals surface area contributed by atoms with Crippen molar-refractivity contribution in [3.05, 3.63) is 35.4 Å². The molecule has 2 fully saturated rings. The lowest BCUT2D eigenvalue weighted by Gasteiger charge is -2.30. The van der Waals surface area contributed by atoms with Crippen LogP contribution >= 0.6 is 0 Å². The second-order valence-corrected chi connectivity index (χ2v) is 6.26. The van der Waals surface area contributed by atoms with E-state index in [9.17, 15) is 0 Å². The number of rotatable bonds is 2. The quantitative estimate of drug-likeness (QED) is 0.819. The van der Waals surface area contributed by atoms with Crippen LogP contribution in [-0.4, -0.2) is 13.1 Å². The third kappa shape index (κ3) is 2.13. The van der Waals surface area contributed by atoms with E-state index in [1.807, 2.05) is 0 Å². The smallest absolute Gasteiger partial charge is 0.00227 e. The molecule has 2 aliphatic rings. The van der Waals surface area contributed by atoms with Crippen LogP contribution < -0.4 is 5.32 Å². The third-order valence-corrected chi connectivity index (χ3v) is 4.86. The molecule has 2 atom stereocenters. The number of benzene rings is 1. The van der Waals surface area contributed by atoms with Gasteiger partial charge in [0.1, 0.15) is 0 Å². The summed E-state index contributed by atoms with van der Waals surface area (Å²) >= 11 is 0. The van der Waals surface area contributed by atoms with Gasteiger partial charge in [-0.1, -0.05) is 38.1 Å². The maximum absolute atomic E-state index is 3.52. The Morgan fingerprint density at radius 3 is 2.47 bits per heavy atom. The maximum atomic E-state index is 3.52. The van der Waals surface area contributed by atoms with Crippen LogP contribution in [0.4, 0.5) is 0 Å². The van der Waals surface area contributed by atoms with Crippen molar-refractivity contribution in [3.63, 3.8) is 0 Å². The summed E-state index contributed by atoms with van der Waals surface area (Å²) in [6, 6.07) is 9.47. The van der Waals surface area contributed by atoms with Crippen molar-refractivity contribution in [3.8, 4) is 0 Å². The van der Waals surface area contributed by atoms with Crippen molar-refractivity contribution in [2.45, 2.75) is 44.4 Å². The third-order valence-electron chi connectivity index (χ3n) is 4.86. The average molecular weight is 229 g/mol. The molecule has 1 N–H and O–H groups in total. The molecule has 0 bridgehead atoms. The number of piperidine rings is 1. The van der Waals surface area contributed by atoms with Gasteiger partial charge in [0.25, 0.3) is 0 Å². The molecule has 17 heavy (non-hydrogen) atoms. The molecule has 1 saturated heterocycles. The van der Waals surface area contributed by atoms with E-state index in [1.54, 1.807) is 0 Å². The summed E-state index contributed by atoms with van der Waals surface area (Å²) < 4.78 is 0. The summed E-state index contributed by atoms with van der Waals surface area (Å²) in [6.45, 7) is 7.11. The molecule has 1 aliphatic carbocycles. The highest BCUT2D eigenvalue weighted by molar-refractivity contribution is 5.34. The lowest BCUT2D eigenvalue weighted by Crippen LogP contribution is -2.33. The SMILES string of the molecule is CC1CCNCC1c1ccc(C2(C)CC2)cc1. The first-order chi connectivity index (χ1) is 8.19. The van der Waals surface area contributed by atoms with Gasteiger partial charge in [-0.25, -0.2) is 0 Å². The van der Waals surface area contributed by atoms with Crippen molar-refractivity contribution in [2.24, 2.45) is 5.92 Å². The Morgan fingerprint density at radius 2 is 1.88 bits per heavy atom. The predicted octanol–water partition coefficient (Wildman–Crippen LogP) is 3.45. The topological polar surface area (TPSA) is 12.0 Å². The summed E-state index contributed by atoms with van der Waals surface area (Å²) in [5.41, 5.74) is 3.57. The summed E-state index contributed by atoms with van der Waals surface area (Å²) in [5, 5.41) is 3.52. The highest BCUT2D eigenvalue weighted by Crippen LogP contribution is 2.47. The van der Waals surface area contributed by atoms with Gasteiger partial charge in [0.05, 0.1) is 0 Å². The maximum Gasteiger partial charge on any atom is 0.00227 e. The largest absolute Gasteiger partial charge is 0.316 e. The summed E-state index contributed by atoms with van der Waals surface area (Å²) in [4.78, 5) is 0. The first-order valence-corrected chi connectivity index (χ1v) is 7.00. The molecular weight excluding hydrogens is 206 g/mol. The molecule has 1 heteroatoms. The Labute approximate surface area is 105 Å². The molecule has 1 heterocycles. The van der Waals surface area contributed by atoms with E-state index in [1.165, 1.54) is 36.9 Å². The molecule has 1 nitrogen and oxygen atoms in total. The van der Waals surface area contributed by atoms with Crippen LogP contribution in [0, 0.1) is 5.92 Å². The molecule has 0 amide bonds. The van der Waals surface area contributed by atoms with Crippen molar-refractivity contribution < 1.29 is 0 Å². The Balaban J connectivity index is 1.79. The van der Waals surface area contributed by atoms with Gasteiger partial charge in [0, 0.05) is 6.54 Å². The van der Waals surface area contributed by atoms with Crippen LogP contribution in [0.2, 0.25) is 0 Å². The van der Waals surface area contributed by atoms with Gasteiger partial charge in [-0.2, -0.15) is 0 Å². The standard InChI is InChI=1S/C16H23N/c1-12-7-10-17-11-15(12)13-3-5-14(6-4-13)16(2)8-9-16/h3-6,12,15,17H,7-11H2,1-2H3. The van der Waals surface area contributed by atoms with E-state index in [4.69, 9.17) is 0 Å². The number of nitrogens with one attached hydrogen (secondary N) is 1. The van der Waals surface area contributed by atoms with Gasteiger partial charge < -0.3 is 5.32 Å². The average Bonchev–Trinajstić information content (AvgIpc) is 3.10. The van der Waals surface area contributed by atoms with Crippen LogP contribution in [0.5, 0.6) is 0 Å². The van der Waals surface area contributed by atoms with Gasteiger partial charge in [-0.15, -0.1) is 0 Å². The fourth-order valence-corrected chi connectivity index (χ4v) is 3.04. The molecule has 92 valence electrons. The molecule has 1 aromatic carbocycles. The van der Waals surface area contributed by atoms with Gasteiger partial charge in [-0.3, -0.25) is 0 Å². The highest BCUT2D eigenvalue weighted by atomic mass is 14.9. The fourth-order valence-electron chi connectivity index (χ4n) is 3.04. The minimum absolute atomic E-state index is 0.509. The van der Waals surface area contributed by atoms with Crippen LogP contribution in [0.15, 0.2) is 24.3 Å². The monoisotopic (exact) mass is 229 g/mol. The van der Waals surface area contributed by atoms with Crippen molar-refractivity contribution >= 4 is 0 Å².